The first-order valence-corrected chi connectivity index (χ1v) is 8.73. The van der Waals surface area contributed by atoms with Crippen molar-refractivity contribution < 1.29 is 9.53 Å². The molecule has 0 aliphatic carbocycles. The third-order valence-corrected chi connectivity index (χ3v) is 4.12. The molecule has 6 nitrogen and oxygen atoms in total. The van der Waals surface area contributed by atoms with E-state index in [2.05, 4.69) is 15.3 Å². The van der Waals surface area contributed by atoms with Crippen molar-refractivity contribution in [3.05, 3.63) is 72.2 Å². The predicted octanol–water partition coefficient (Wildman–Crippen LogP) is 4.20. The molecule has 0 saturated carbocycles. The molecule has 1 N–H and O–H groups in total. The zero-order chi connectivity index (χ0) is 19.2. The first-order valence-electron chi connectivity index (χ1n) is 8.73. The Labute approximate surface area is 158 Å². The Balaban J connectivity index is 1.79. The molecule has 138 valence electrons. The average molecular weight is 362 g/mol. The van der Waals surface area contributed by atoms with Crippen LogP contribution in [0, 0.1) is 6.92 Å². The van der Waals surface area contributed by atoms with Gasteiger partial charge in [0.1, 0.15) is 17.3 Å². The van der Waals surface area contributed by atoms with Gasteiger partial charge in [0.15, 0.2) is 0 Å². The summed E-state index contributed by atoms with van der Waals surface area (Å²) >= 11 is 0. The number of carbonyl (C=O) groups is 1. The maximum Gasteiger partial charge on any atom is 0.278 e. The van der Waals surface area contributed by atoms with Crippen molar-refractivity contribution >= 4 is 23.1 Å². The van der Waals surface area contributed by atoms with Gasteiger partial charge in [-0.15, -0.1) is 0 Å². The zero-order valence-corrected chi connectivity index (χ0v) is 15.6. The van der Waals surface area contributed by atoms with Gasteiger partial charge in [0.2, 0.25) is 0 Å². The summed E-state index contributed by atoms with van der Waals surface area (Å²) in [6, 6.07) is 15.3. The van der Waals surface area contributed by atoms with Crippen molar-refractivity contribution in [3.8, 4) is 5.75 Å². The fraction of sp³-hybridized carbons (Fsp3) is 0.190. The van der Waals surface area contributed by atoms with E-state index < -0.39 is 0 Å². The molecule has 3 rings (SSSR count). The van der Waals surface area contributed by atoms with E-state index in [-0.39, 0.29) is 5.91 Å². The SMILES string of the molecule is CCN(C(=O)c1cnc(Nc2cc(C)ccc2OC)cn1)c1ccccc1. The molecule has 1 aromatic heterocycles. The Morgan fingerprint density at radius 2 is 1.89 bits per heavy atom. The monoisotopic (exact) mass is 362 g/mol. The first-order chi connectivity index (χ1) is 13.1. The molecular weight excluding hydrogens is 340 g/mol. The van der Waals surface area contributed by atoms with E-state index in [1.807, 2.05) is 62.4 Å². The van der Waals surface area contributed by atoms with Gasteiger partial charge in [-0.2, -0.15) is 0 Å². The summed E-state index contributed by atoms with van der Waals surface area (Å²) in [6.07, 6.45) is 3.03. The van der Waals surface area contributed by atoms with E-state index in [0.29, 0.717) is 23.8 Å². The lowest BCUT2D eigenvalue weighted by Crippen LogP contribution is -2.31. The fourth-order valence-corrected chi connectivity index (χ4v) is 2.75. The number of carbonyl (C=O) groups excluding carboxylic acids is 1. The van der Waals surface area contributed by atoms with Crippen molar-refractivity contribution in [1.82, 2.24) is 9.97 Å². The number of methoxy groups -OCH3 is 1. The van der Waals surface area contributed by atoms with Crippen LogP contribution in [-0.4, -0.2) is 29.5 Å². The lowest BCUT2D eigenvalue weighted by atomic mass is 10.2. The highest BCUT2D eigenvalue weighted by Gasteiger charge is 2.17. The lowest BCUT2D eigenvalue weighted by molar-refractivity contribution is 0.0983. The zero-order valence-electron chi connectivity index (χ0n) is 15.6. The summed E-state index contributed by atoms with van der Waals surface area (Å²) in [5.74, 6) is 1.07. The van der Waals surface area contributed by atoms with Crippen molar-refractivity contribution in [2.45, 2.75) is 13.8 Å². The van der Waals surface area contributed by atoms with Gasteiger partial charge in [0.05, 0.1) is 25.2 Å². The van der Waals surface area contributed by atoms with Crippen LogP contribution < -0.4 is 15.0 Å². The van der Waals surface area contributed by atoms with Crippen LogP contribution in [0.2, 0.25) is 0 Å². The number of rotatable bonds is 6. The van der Waals surface area contributed by atoms with Crippen LogP contribution in [0.1, 0.15) is 23.0 Å². The second kappa shape index (κ2) is 8.31. The highest BCUT2D eigenvalue weighted by atomic mass is 16.5. The minimum absolute atomic E-state index is 0.184. The second-order valence-corrected chi connectivity index (χ2v) is 6.00. The van der Waals surface area contributed by atoms with Gasteiger partial charge in [0.25, 0.3) is 5.91 Å². The molecule has 0 aliphatic heterocycles. The molecule has 0 bridgehead atoms. The van der Waals surface area contributed by atoms with E-state index in [1.54, 1.807) is 18.2 Å². The molecule has 27 heavy (non-hydrogen) atoms. The van der Waals surface area contributed by atoms with Gasteiger partial charge >= 0.3 is 0 Å². The van der Waals surface area contributed by atoms with Crippen molar-refractivity contribution in [2.24, 2.45) is 0 Å². The quantitative estimate of drug-likeness (QED) is 0.712. The minimum Gasteiger partial charge on any atom is -0.495 e. The van der Waals surface area contributed by atoms with Crippen LogP contribution in [0.25, 0.3) is 0 Å². The van der Waals surface area contributed by atoms with E-state index in [0.717, 1.165) is 16.9 Å². The van der Waals surface area contributed by atoms with Gasteiger partial charge < -0.3 is 15.0 Å². The third-order valence-electron chi connectivity index (χ3n) is 4.12. The molecule has 0 fully saturated rings. The Bertz CT molecular complexity index is 911. The standard InChI is InChI=1S/C21H22N4O2/c1-4-25(16-8-6-5-7-9-16)21(26)18-13-23-20(14-22-18)24-17-12-15(2)10-11-19(17)27-3/h5-14H,4H2,1-3H3,(H,23,24). The van der Waals surface area contributed by atoms with Crippen LogP contribution >= 0.6 is 0 Å². The number of benzene rings is 2. The number of nitrogens with one attached hydrogen (secondary N) is 1. The topological polar surface area (TPSA) is 67.4 Å². The van der Waals surface area contributed by atoms with Gasteiger partial charge in [-0.25, -0.2) is 9.97 Å². The van der Waals surface area contributed by atoms with E-state index in [1.165, 1.54) is 6.20 Å². The summed E-state index contributed by atoms with van der Waals surface area (Å²) in [6.45, 7) is 4.48. The second-order valence-electron chi connectivity index (χ2n) is 6.00. The molecule has 0 atom stereocenters. The molecule has 6 heteroatoms. The van der Waals surface area contributed by atoms with Crippen molar-refractivity contribution in [1.29, 1.82) is 0 Å². The summed E-state index contributed by atoms with van der Waals surface area (Å²) in [5, 5.41) is 3.18. The number of para-hydroxylation sites is 1. The highest BCUT2D eigenvalue weighted by Crippen LogP contribution is 2.27. The minimum atomic E-state index is -0.184. The van der Waals surface area contributed by atoms with E-state index in [9.17, 15) is 4.79 Å². The summed E-state index contributed by atoms with van der Waals surface area (Å²) in [5.41, 5.74) is 3.02. The van der Waals surface area contributed by atoms with Crippen LogP contribution in [0.3, 0.4) is 0 Å². The van der Waals surface area contributed by atoms with E-state index >= 15 is 0 Å². The maximum absolute atomic E-state index is 12.8. The van der Waals surface area contributed by atoms with Crippen LogP contribution in [-0.2, 0) is 0 Å². The summed E-state index contributed by atoms with van der Waals surface area (Å²) in [7, 11) is 1.62. The fourth-order valence-electron chi connectivity index (χ4n) is 2.75. The Hall–Kier alpha value is -3.41. The number of amides is 1. The molecule has 0 aliphatic rings. The lowest BCUT2D eigenvalue weighted by Gasteiger charge is -2.20. The summed E-state index contributed by atoms with van der Waals surface area (Å²) in [4.78, 5) is 23.1. The highest BCUT2D eigenvalue weighted by molar-refractivity contribution is 6.04. The molecular formula is C21H22N4O2. The number of aryl methyl sites for hydroxylation is 1. The Morgan fingerprint density at radius 3 is 2.52 bits per heavy atom. The number of anilines is 3. The molecule has 1 amide bonds. The molecule has 0 spiro atoms. The van der Waals surface area contributed by atoms with Crippen molar-refractivity contribution in [3.63, 3.8) is 0 Å². The van der Waals surface area contributed by atoms with Gasteiger partial charge in [0, 0.05) is 12.2 Å². The summed E-state index contributed by atoms with van der Waals surface area (Å²) < 4.78 is 5.36. The number of nitrogens with zero attached hydrogens (tertiary/aromatic N) is 3. The number of hydrogen-bond acceptors (Lipinski definition) is 5. The molecule has 2 aromatic carbocycles. The molecule has 0 radical (unpaired) electrons. The van der Waals surface area contributed by atoms with Crippen molar-refractivity contribution in [2.75, 3.05) is 23.9 Å². The van der Waals surface area contributed by atoms with Gasteiger partial charge in [-0.3, -0.25) is 4.79 Å². The third kappa shape index (κ3) is 4.23. The maximum atomic E-state index is 12.8. The molecule has 3 aromatic rings. The van der Waals surface area contributed by atoms with Gasteiger partial charge in [-0.1, -0.05) is 24.3 Å². The predicted molar refractivity (Wildman–Crippen MR) is 107 cm³/mol. The molecule has 0 unspecified atom stereocenters. The smallest absolute Gasteiger partial charge is 0.278 e. The Morgan fingerprint density at radius 1 is 1.11 bits per heavy atom. The number of aromatic nitrogens is 2. The van der Waals surface area contributed by atoms with Crippen LogP contribution in [0.15, 0.2) is 60.9 Å². The van der Waals surface area contributed by atoms with Crippen LogP contribution in [0.5, 0.6) is 5.75 Å². The largest absolute Gasteiger partial charge is 0.495 e. The van der Waals surface area contributed by atoms with Gasteiger partial charge in [-0.05, 0) is 43.7 Å². The molecule has 1 heterocycles. The molecule has 0 saturated heterocycles. The first kappa shape index (κ1) is 18.4. The number of ether oxygens (including phenoxy) is 1. The van der Waals surface area contributed by atoms with E-state index in [4.69, 9.17) is 4.74 Å². The van der Waals surface area contributed by atoms with Crippen LogP contribution in [0.4, 0.5) is 17.2 Å². The number of hydrogen-bond donors (Lipinski definition) is 1. The average Bonchev–Trinajstić information content (AvgIpc) is 2.70. The normalized spacial score (nSPS) is 10.3. The Kier molecular flexibility index (Phi) is 5.66.